The molecule has 0 aliphatic carbocycles. The van der Waals surface area contributed by atoms with E-state index in [0.29, 0.717) is 5.56 Å². The second kappa shape index (κ2) is 7.89. The second-order valence-corrected chi connectivity index (χ2v) is 5.66. The quantitative estimate of drug-likeness (QED) is 0.437. The molecule has 2 atom stereocenters. The van der Waals surface area contributed by atoms with Crippen molar-refractivity contribution in [2.45, 2.75) is 26.4 Å². The molecule has 0 saturated heterocycles. The Morgan fingerprint density at radius 3 is 2.45 bits per heavy atom. The van der Waals surface area contributed by atoms with Crippen molar-refractivity contribution in [2.24, 2.45) is 5.92 Å². The molecule has 1 aromatic carbocycles. The van der Waals surface area contributed by atoms with Crippen molar-refractivity contribution in [3.8, 4) is 0 Å². The largest absolute Gasteiger partial charge is 0.459 e. The second-order valence-electron chi connectivity index (χ2n) is 4.67. The number of ether oxygens (including phenoxy) is 1. The standard InChI is InChI=1S/C14H19NO4S/c1-10(8-9-20-3)11(2)19-14(16)12-4-6-13(7-5-12)15(17)18/h4-7,10-11H,8-9H2,1-3H3/t10-,11?/m1/s1. The summed E-state index contributed by atoms with van der Waals surface area (Å²) in [6, 6.07) is 5.44. The molecule has 1 unspecified atom stereocenters. The maximum absolute atomic E-state index is 11.9. The van der Waals surface area contributed by atoms with E-state index in [-0.39, 0.29) is 17.7 Å². The number of hydrogen-bond acceptors (Lipinski definition) is 5. The predicted octanol–water partition coefficient (Wildman–Crippen LogP) is 3.53. The van der Waals surface area contributed by atoms with Crippen molar-refractivity contribution >= 4 is 23.4 Å². The first-order valence-electron chi connectivity index (χ1n) is 6.40. The third-order valence-corrected chi connectivity index (χ3v) is 3.83. The summed E-state index contributed by atoms with van der Waals surface area (Å²) in [5.74, 6) is 0.869. The van der Waals surface area contributed by atoms with E-state index in [1.165, 1.54) is 24.3 Å². The van der Waals surface area contributed by atoms with Crippen molar-refractivity contribution < 1.29 is 14.5 Å². The van der Waals surface area contributed by atoms with Gasteiger partial charge in [0.1, 0.15) is 6.10 Å². The highest BCUT2D eigenvalue weighted by Crippen LogP contribution is 2.17. The van der Waals surface area contributed by atoms with Crippen molar-refractivity contribution in [3.05, 3.63) is 39.9 Å². The Morgan fingerprint density at radius 1 is 1.35 bits per heavy atom. The Kier molecular flexibility index (Phi) is 6.51. The van der Waals surface area contributed by atoms with Gasteiger partial charge in [-0.05, 0) is 43.4 Å². The van der Waals surface area contributed by atoms with Gasteiger partial charge in [-0.15, -0.1) is 0 Å². The lowest BCUT2D eigenvalue weighted by atomic mass is 10.0. The third kappa shape index (κ3) is 4.85. The maximum atomic E-state index is 11.9. The molecule has 0 spiro atoms. The minimum Gasteiger partial charge on any atom is -0.459 e. The Labute approximate surface area is 122 Å². The molecule has 0 aliphatic rings. The minimum absolute atomic E-state index is 0.0389. The Bertz CT molecular complexity index is 461. The summed E-state index contributed by atoms with van der Waals surface area (Å²) in [5.41, 5.74) is 0.294. The number of rotatable bonds is 7. The van der Waals surface area contributed by atoms with Crippen LogP contribution in [0.1, 0.15) is 30.6 Å². The molecule has 5 nitrogen and oxygen atoms in total. The van der Waals surface area contributed by atoms with Crippen molar-refractivity contribution in [1.82, 2.24) is 0 Å². The first kappa shape index (κ1) is 16.5. The molecular weight excluding hydrogens is 278 g/mol. The number of nitrogens with zero attached hydrogens (tertiary/aromatic N) is 1. The molecular formula is C14H19NO4S. The fraction of sp³-hybridized carbons (Fsp3) is 0.500. The van der Waals surface area contributed by atoms with Crippen molar-refractivity contribution in [2.75, 3.05) is 12.0 Å². The molecule has 1 aromatic rings. The van der Waals surface area contributed by atoms with Crippen LogP contribution in [-0.4, -0.2) is 29.0 Å². The highest BCUT2D eigenvalue weighted by molar-refractivity contribution is 7.98. The fourth-order valence-electron chi connectivity index (χ4n) is 1.61. The van der Waals surface area contributed by atoms with Crippen LogP contribution in [-0.2, 0) is 4.74 Å². The van der Waals surface area contributed by atoms with Gasteiger partial charge in [0.15, 0.2) is 0 Å². The summed E-state index contributed by atoms with van der Waals surface area (Å²) in [4.78, 5) is 22.0. The smallest absolute Gasteiger partial charge is 0.338 e. The summed E-state index contributed by atoms with van der Waals surface area (Å²) in [7, 11) is 0. The van der Waals surface area contributed by atoms with Gasteiger partial charge in [0.2, 0.25) is 0 Å². The number of non-ortho nitro benzene ring substituents is 1. The lowest BCUT2D eigenvalue weighted by molar-refractivity contribution is -0.384. The first-order chi connectivity index (χ1) is 9.45. The molecule has 0 heterocycles. The number of esters is 1. The Morgan fingerprint density at radius 2 is 1.95 bits per heavy atom. The van der Waals surface area contributed by atoms with Crippen LogP contribution in [0.5, 0.6) is 0 Å². The number of thioether (sulfide) groups is 1. The molecule has 0 amide bonds. The lowest BCUT2D eigenvalue weighted by Crippen LogP contribution is -2.22. The summed E-state index contributed by atoms with van der Waals surface area (Å²) < 4.78 is 5.38. The first-order valence-corrected chi connectivity index (χ1v) is 7.79. The zero-order valence-electron chi connectivity index (χ0n) is 11.9. The van der Waals surface area contributed by atoms with E-state index in [0.717, 1.165) is 12.2 Å². The molecule has 0 saturated carbocycles. The summed E-state index contributed by atoms with van der Waals surface area (Å²) >= 11 is 1.76. The highest BCUT2D eigenvalue weighted by atomic mass is 32.2. The Hall–Kier alpha value is -1.56. The van der Waals surface area contributed by atoms with Crippen LogP contribution in [0.4, 0.5) is 5.69 Å². The van der Waals surface area contributed by atoms with Crippen LogP contribution < -0.4 is 0 Å². The van der Waals surface area contributed by atoms with Crippen LogP contribution in [0.2, 0.25) is 0 Å². The lowest BCUT2D eigenvalue weighted by Gasteiger charge is -2.20. The topological polar surface area (TPSA) is 69.4 Å². The van der Waals surface area contributed by atoms with E-state index < -0.39 is 10.9 Å². The highest BCUT2D eigenvalue weighted by Gasteiger charge is 2.18. The van der Waals surface area contributed by atoms with Gasteiger partial charge >= 0.3 is 5.97 Å². The van der Waals surface area contributed by atoms with Crippen LogP contribution in [0, 0.1) is 16.0 Å². The van der Waals surface area contributed by atoms with E-state index in [4.69, 9.17) is 4.74 Å². The van der Waals surface area contributed by atoms with Gasteiger partial charge in [-0.1, -0.05) is 6.92 Å². The third-order valence-electron chi connectivity index (χ3n) is 3.19. The molecule has 110 valence electrons. The molecule has 1 rings (SSSR count). The van der Waals surface area contributed by atoms with Gasteiger partial charge in [0, 0.05) is 12.1 Å². The minimum atomic E-state index is -0.498. The average Bonchev–Trinajstić information content (AvgIpc) is 2.44. The van der Waals surface area contributed by atoms with Gasteiger partial charge < -0.3 is 4.74 Å². The number of carbonyl (C=O) groups is 1. The van der Waals surface area contributed by atoms with E-state index in [1.807, 2.05) is 20.1 Å². The predicted molar refractivity (Wildman–Crippen MR) is 80.1 cm³/mol. The monoisotopic (exact) mass is 297 g/mol. The summed E-state index contributed by atoms with van der Waals surface area (Å²) in [6.45, 7) is 3.91. The van der Waals surface area contributed by atoms with E-state index in [2.05, 4.69) is 0 Å². The number of hydrogen-bond donors (Lipinski definition) is 0. The molecule has 0 radical (unpaired) electrons. The molecule has 0 aromatic heterocycles. The van der Waals surface area contributed by atoms with Gasteiger partial charge in [-0.3, -0.25) is 10.1 Å². The van der Waals surface area contributed by atoms with Crippen molar-refractivity contribution in [3.63, 3.8) is 0 Å². The van der Waals surface area contributed by atoms with Crippen LogP contribution >= 0.6 is 11.8 Å². The average molecular weight is 297 g/mol. The van der Waals surface area contributed by atoms with Gasteiger partial charge in [0.25, 0.3) is 5.69 Å². The summed E-state index contributed by atoms with van der Waals surface area (Å²) in [5, 5.41) is 10.5. The van der Waals surface area contributed by atoms with E-state index in [9.17, 15) is 14.9 Å². The normalized spacial score (nSPS) is 13.6. The zero-order valence-corrected chi connectivity index (χ0v) is 12.7. The molecule has 0 N–H and O–H groups in total. The zero-order chi connectivity index (χ0) is 15.1. The van der Waals surface area contributed by atoms with Crippen LogP contribution in [0.15, 0.2) is 24.3 Å². The SMILES string of the molecule is CSCC[C@@H](C)C(C)OC(=O)c1ccc([N+](=O)[O-])cc1. The molecule has 20 heavy (non-hydrogen) atoms. The number of nitro groups is 1. The van der Waals surface area contributed by atoms with Gasteiger partial charge in [-0.2, -0.15) is 11.8 Å². The molecule has 6 heteroatoms. The number of nitro benzene ring substituents is 1. The summed E-state index contributed by atoms with van der Waals surface area (Å²) in [6.07, 6.45) is 2.85. The van der Waals surface area contributed by atoms with Crippen LogP contribution in [0.3, 0.4) is 0 Å². The van der Waals surface area contributed by atoms with Gasteiger partial charge in [0.05, 0.1) is 10.5 Å². The molecule has 0 fully saturated rings. The van der Waals surface area contributed by atoms with Gasteiger partial charge in [-0.25, -0.2) is 4.79 Å². The molecule has 0 aliphatic heterocycles. The number of carbonyl (C=O) groups excluding carboxylic acids is 1. The van der Waals surface area contributed by atoms with E-state index >= 15 is 0 Å². The Balaban J connectivity index is 2.59. The molecule has 0 bridgehead atoms. The number of benzene rings is 1. The van der Waals surface area contributed by atoms with E-state index in [1.54, 1.807) is 11.8 Å². The maximum Gasteiger partial charge on any atom is 0.338 e. The fourth-order valence-corrected chi connectivity index (χ4v) is 2.22. The van der Waals surface area contributed by atoms with Crippen molar-refractivity contribution in [1.29, 1.82) is 0 Å². The van der Waals surface area contributed by atoms with Crippen LogP contribution in [0.25, 0.3) is 0 Å².